The maximum Gasteiger partial charge on any atom is 0.251 e. The van der Waals surface area contributed by atoms with Crippen molar-refractivity contribution in [1.29, 1.82) is 0 Å². The van der Waals surface area contributed by atoms with Crippen molar-refractivity contribution >= 4 is 23.6 Å². The highest BCUT2D eigenvalue weighted by atomic mass is 32.2. The van der Waals surface area contributed by atoms with Crippen molar-refractivity contribution < 1.29 is 19.1 Å². The third-order valence-electron chi connectivity index (χ3n) is 4.55. The van der Waals surface area contributed by atoms with Gasteiger partial charge in [-0.1, -0.05) is 17.8 Å². The monoisotopic (exact) mass is 431 g/mol. The topological polar surface area (TPSA) is 98.6 Å². The summed E-state index contributed by atoms with van der Waals surface area (Å²) in [5, 5.41) is 11.8. The lowest BCUT2D eigenvalue weighted by molar-refractivity contribution is -0.132. The first-order valence-corrected chi connectivity index (χ1v) is 10.5. The number of nitrogens with zero attached hydrogens (tertiary/aromatic N) is 4. The molecule has 10 heteroatoms. The lowest BCUT2D eigenvalue weighted by Crippen LogP contribution is -2.41. The number of allylic oxidation sites excluding steroid dienone is 1. The fourth-order valence-corrected chi connectivity index (χ4v) is 3.77. The van der Waals surface area contributed by atoms with Gasteiger partial charge in [0.25, 0.3) is 5.91 Å². The Balaban J connectivity index is 1.59. The third-order valence-corrected chi connectivity index (χ3v) is 5.50. The highest BCUT2D eigenvalue weighted by Crippen LogP contribution is 2.18. The van der Waals surface area contributed by atoms with Crippen LogP contribution in [-0.4, -0.2) is 70.6 Å². The number of rotatable bonds is 9. The molecule has 0 radical (unpaired) electrons. The largest absolute Gasteiger partial charge is 0.497 e. The second-order valence-electron chi connectivity index (χ2n) is 6.49. The number of methoxy groups -OCH3 is 1. The van der Waals surface area contributed by atoms with E-state index in [0.29, 0.717) is 55.1 Å². The summed E-state index contributed by atoms with van der Waals surface area (Å²) < 4.78 is 12.2. The Morgan fingerprint density at radius 1 is 1.27 bits per heavy atom. The van der Waals surface area contributed by atoms with Crippen LogP contribution >= 0.6 is 11.8 Å². The van der Waals surface area contributed by atoms with Gasteiger partial charge in [0.15, 0.2) is 11.0 Å². The molecule has 1 aromatic heterocycles. The summed E-state index contributed by atoms with van der Waals surface area (Å²) in [5.74, 6) is 1.38. The molecular weight excluding hydrogens is 406 g/mol. The fraction of sp³-hybridized carbons (Fsp3) is 0.400. The van der Waals surface area contributed by atoms with Gasteiger partial charge in [-0.2, -0.15) is 0 Å². The van der Waals surface area contributed by atoms with Gasteiger partial charge in [0.2, 0.25) is 5.91 Å². The third kappa shape index (κ3) is 5.61. The van der Waals surface area contributed by atoms with Crippen LogP contribution in [0.1, 0.15) is 16.2 Å². The number of ether oxygens (including phenoxy) is 2. The lowest BCUT2D eigenvalue weighted by Gasteiger charge is -2.26. The van der Waals surface area contributed by atoms with E-state index in [9.17, 15) is 9.59 Å². The van der Waals surface area contributed by atoms with E-state index in [2.05, 4.69) is 22.1 Å². The van der Waals surface area contributed by atoms with Crippen LogP contribution in [0.3, 0.4) is 0 Å². The summed E-state index contributed by atoms with van der Waals surface area (Å²) in [5.41, 5.74) is 0.524. The van der Waals surface area contributed by atoms with Crippen molar-refractivity contribution in [3.05, 3.63) is 48.3 Å². The number of hydrogen-bond donors (Lipinski definition) is 1. The second-order valence-corrected chi connectivity index (χ2v) is 7.43. The number of hydrogen-bond acceptors (Lipinski definition) is 7. The Morgan fingerprint density at radius 2 is 2.00 bits per heavy atom. The Labute approximate surface area is 179 Å². The molecule has 1 saturated heterocycles. The Hall–Kier alpha value is -2.85. The van der Waals surface area contributed by atoms with Crippen LogP contribution in [0.5, 0.6) is 5.75 Å². The van der Waals surface area contributed by atoms with Crippen molar-refractivity contribution in [1.82, 2.24) is 25.0 Å². The minimum Gasteiger partial charge on any atom is -0.497 e. The number of carbonyl (C=O) groups is 2. The van der Waals surface area contributed by atoms with Crippen molar-refractivity contribution in [2.24, 2.45) is 0 Å². The number of benzene rings is 1. The van der Waals surface area contributed by atoms with Crippen molar-refractivity contribution in [3.63, 3.8) is 0 Å². The van der Waals surface area contributed by atoms with Gasteiger partial charge in [0, 0.05) is 25.2 Å². The molecule has 9 nitrogen and oxygen atoms in total. The van der Waals surface area contributed by atoms with Crippen LogP contribution in [0.4, 0.5) is 0 Å². The first-order chi connectivity index (χ1) is 14.6. The molecule has 1 aliphatic heterocycles. The summed E-state index contributed by atoms with van der Waals surface area (Å²) in [6.45, 7) is 6.83. The number of aromatic nitrogens is 3. The van der Waals surface area contributed by atoms with Crippen LogP contribution in [0.2, 0.25) is 0 Å². The van der Waals surface area contributed by atoms with Crippen LogP contribution < -0.4 is 10.1 Å². The molecule has 160 valence electrons. The number of thioether (sulfide) groups is 1. The molecule has 2 aromatic rings. The summed E-state index contributed by atoms with van der Waals surface area (Å²) in [6, 6.07) is 6.85. The van der Waals surface area contributed by atoms with Gasteiger partial charge in [0.1, 0.15) is 5.75 Å². The molecule has 30 heavy (non-hydrogen) atoms. The van der Waals surface area contributed by atoms with Crippen molar-refractivity contribution in [3.8, 4) is 5.75 Å². The van der Waals surface area contributed by atoms with Gasteiger partial charge in [-0.3, -0.25) is 9.59 Å². The molecular formula is C20H25N5O4S. The SMILES string of the molecule is C=CCn1c(CNC(=O)c2ccc(OC)cc2)nnc1SCC(=O)N1CCOCC1. The summed E-state index contributed by atoms with van der Waals surface area (Å²) >= 11 is 1.33. The normalized spacial score (nSPS) is 13.7. The van der Waals surface area contributed by atoms with Crippen molar-refractivity contribution in [2.75, 3.05) is 39.2 Å². The summed E-state index contributed by atoms with van der Waals surface area (Å²) in [4.78, 5) is 26.6. The average Bonchev–Trinajstić information content (AvgIpc) is 3.18. The van der Waals surface area contributed by atoms with Crippen LogP contribution in [0, 0.1) is 0 Å². The predicted molar refractivity (Wildman–Crippen MR) is 113 cm³/mol. The van der Waals surface area contributed by atoms with Crippen LogP contribution in [0.25, 0.3) is 0 Å². The van der Waals surface area contributed by atoms with Crippen LogP contribution in [-0.2, 0) is 22.6 Å². The van der Waals surface area contributed by atoms with Gasteiger partial charge >= 0.3 is 0 Å². The molecule has 0 unspecified atom stereocenters. The zero-order chi connectivity index (χ0) is 21.3. The molecule has 1 N–H and O–H groups in total. The smallest absolute Gasteiger partial charge is 0.251 e. The van der Waals surface area contributed by atoms with Crippen molar-refractivity contribution in [2.45, 2.75) is 18.2 Å². The Kier molecular flexibility index (Phi) is 7.86. The minimum absolute atomic E-state index is 0.0470. The van der Waals surface area contributed by atoms with E-state index in [0.717, 1.165) is 0 Å². The van der Waals surface area contributed by atoms with Gasteiger partial charge in [-0.05, 0) is 24.3 Å². The van der Waals surface area contributed by atoms with Gasteiger partial charge < -0.3 is 24.3 Å². The molecule has 1 aliphatic rings. The first-order valence-electron chi connectivity index (χ1n) is 9.56. The van der Waals surface area contributed by atoms with E-state index in [1.54, 1.807) is 42.4 Å². The number of amides is 2. The number of morpholine rings is 1. The molecule has 1 fully saturated rings. The molecule has 0 spiro atoms. The zero-order valence-corrected chi connectivity index (χ0v) is 17.7. The molecule has 0 aliphatic carbocycles. The standard InChI is InChI=1S/C20H25N5O4S/c1-3-8-25-17(13-21-19(27)15-4-6-16(28-2)7-5-15)22-23-20(25)30-14-18(26)24-9-11-29-12-10-24/h3-7H,1,8-14H2,2H3,(H,21,27). The Bertz CT molecular complexity index is 878. The Morgan fingerprint density at radius 3 is 2.67 bits per heavy atom. The summed E-state index contributed by atoms with van der Waals surface area (Å²) in [7, 11) is 1.58. The maximum absolute atomic E-state index is 12.4. The number of carbonyl (C=O) groups excluding carboxylic acids is 2. The minimum atomic E-state index is -0.220. The zero-order valence-electron chi connectivity index (χ0n) is 16.9. The quantitative estimate of drug-likeness (QED) is 0.473. The van der Waals surface area contributed by atoms with E-state index < -0.39 is 0 Å². The van der Waals surface area contributed by atoms with Crippen LogP contribution in [0.15, 0.2) is 42.1 Å². The molecule has 1 aromatic carbocycles. The van der Waals surface area contributed by atoms with E-state index in [1.165, 1.54) is 11.8 Å². The van der Waals surface area contributed by atoms with E-state index in [1.807, 2.05) is 4.57 Å². The van der Waals surface area contributed by atoms with E-state index >= 15 is 0 Å². The highest BCUT2D eigenvalue weighted by molar-refractivity contribution is 7.99. The second kappa shape index (κ2) is 10.8. The average molecular weight is 432 g/mol. The number of nitrogens with one attached hydrogen (secondary N) is 1. The molecule has 0 saturated carbocycles. The highest BCUT2D eigenvalue weighted by Gasteiger charge is 2.19. The van der Waals surface area contributed by atoms with E-state index in [-0.39, 0.29) is 24.1 Å². The fourth-order valence-electron chi connectivity index (χ4n) is 2.90. The molecule has 0 atom stereocenters. The van der Waals surface area contributed by atoms with E-state index in [4.69, 9.17) is 9.47 Å². The molecule has 0 bridgehead atoms. The maximum atomic E-state index is 12.4. The lowest BCUT2D eigenvalue weighted by atomic mass is 10.2. The molecule has 2 amide bonds. The molecule has 2 heterocycles. The predicted octanol–water partition coefficient (Wildman–Crippen LogP) is 1.35. The first kappa shape index (κ1) is 21.8. The summed E-state index contributed by atoms with van der Waals surface area (Å²) in [6.07, 6.45) is 1.73. The molecule has 3 rings (SSSR count). The van der Waals surface area contributed by atoms with Gasteiger partial charge in [-0.15, -0.1) is 16.8 Å². The van der Waals surface area contributed by atoms with Gasteiger partial charge in [0.05, 0.1) is 32.6 Å². The van der Waals surface area contributed by atoms with Gasteiger partial charge in [-0.25, -0.2) is 0 Å².